The summed E-state index contributed by atoms with van der Waals surface area (Å²) in [6.45, 7) is 2.87. The first-order valence-corrected chi connectivity index (χ1v) is 8.35. The molecule has 0 aliphatic heterocycles. The maximum absolute atomic E-state index is 13.6. The molecule has 8 heteroatoms. The second kappa shape index (κ2) is 7.99. The molecule has 3 aromatic rings. The molecule has 6 nitrogen and oxygen atoms in total. The number of anilines is 1. The number of nitrogens with one attached hydrogen (secondary N) is 1. The maximum Gasteiger partial charge on any atom is 0.361 e. The normalized spacial score (nSPS) is 11.7. The number of hydrogen-bond donors (Lipinski definition) is 1. The molecule has 0 aliphatic carbocycles. The van der Waals surface area contributed by atoms with Gasteiger partial charge in [0.25, 0.3) is 5.91 Å². The highest BCUT2D eigenvalue weighted by atomic mass is 19.1. The number of benzene rings is 2. The summed E-state index contributed by atoms with van der Waals surface area (Å²) in [6, 6.07) is 11.7. The van der Waals surface area contributed by atoms with Crippen molar-refractivity contribution in [3.8, 4) is 11.5 Å². The molecule has 2 aromatic carbocycles. The van der Waals surface area contributed by atoms with Crippen LogP contribution in [-0.2, 0) is 9.53 Å². The summed E-state index contributed by atoms with van der Waals surface area (Å²) in [4.78, 5) is 28.6. The van der Waals surface area contributed by atoms with Crippen molar-refractivity contribution in [2.45, 2.75) is 20.0 Å². The Balaban J connectivity index is 1.68. The van der Waals surface area contributed by atoms with Crippen LogP contribution in [0.3, 0.4) is 0 Å². The van der Waals surface area contributed by atoms with Crippen LogP contribution in [0, 0.1) is 18.6 Å². The number of aryl methyl sites for hydroxylation is 1. The summed E-state index contributed by atoms with van der Waals surface area (Å²) < 4.78 is 37.1. The summed E-state index contributed by atoms with van der Waals surface area (Å²) in [5.74, 6) is -2.86. The number of rotatable bonds is 5. The van der Waals surface area contributed by atoms with Crippen LogP contribution in [0.5, 0.6) is 0 Å². The first-order valence-electron chi connectivity index (χ1n) is 8.35. The lowest BCUT2D eigenvalue weighted by atomic mass is 10.2. The lowest BCUT2D eigenvalue weighted by Gasteiger charge is -2.13. The predicted octanol–water partition coefficient (Wildman–Crippen LogP) is 4.11. The monoisotopic (exact) mass is 386 g/mol. The topological polar surface area (TPSA) is 81.4 Å². The zero-order valence-electron chi connectivity index (χ0n) is 15.0. The average Bonchev–Trinajstić information content (AvgIpc) is 3.06. The fourth-order valence-corrected chi connectivity index (χ4v) is 2.39. The van der Waals surface area contributed by atoms with E-state index in [1.165, 1.54) is 6.92 Å². The SMILES string of the molecule is Cc1oc(-c2ccccc2)nc1C(=O)O[C@H](C)C(=O)Nc1ccc(F)cc1F. The molecule has 0 radical (unpaired) electrons. The van der Waals surface area contributed by atoms with Crippen molar-refractivity contribution >= 4 is 17.6 Å². The third kappa shape index (κ3) is 4.22. The molecular formula is C20H16F2N2O4. The maximum atomic E-state index is 13.6. The van der Waals surface area contributed by atoms with Gasteiger partial charge in [0.05, 0.1) is 5.69 Å². The van der Waals surface area contributed by atoms with E-state index in [0.717, 1.165) is 12.1 Å². The highest BCUT2D eigenvalue weighted by Gasteiger charge is 2.25. The molecule has 28 heavy (non-hydrogen) atoms. The molecule has 0 aliphatic rings. The van der Waals surface area contributed by atoms with E-state index in [1.54, 1.807) is 31.2 Å². The van der Waals surface area contributed by atoms with Gasteiger partial charge < -0.3 is 14.5 Å². The van der Waals surface area contributed by atoms with Gasteiger partial charge in [-0.05, 0) is 38.1 Å². The molecule has 0 bridgehead atoms. The Bertz CT molecular complexity index is 1020. The first-order chi connectivity index (χ1) is 13.3. The Morgan fingerprint density at radius 2 is 1.86 bits per heavy atom. The Morgan fingerprint density at radius 1 is 1.14 bits per heavy atom. The predicted molar refractivity (Wildman–Crippen MR) is 96.5 cm³/mol. The number of ether oxygens (including phenoxy) is 1. The second-order valence-electron chi connectivity index (χ2n) is 5.95. The van der Waals surface area contributed by atoms with Crippen molar-refractivity contribution < 1.29 is 27.5 Å². The molecular weight excluding hydrogens is 370 g/mol. The minimum absolute atomic E-state index is 0.0635. The van der Waals surface area contributed by atoms with Crippen LogP contribution < -0.4 is 5.32 Å². The molecule has 0 unspecified atom stereocenters. The van der Waals surface area contributed by atoms with E-state index in [-0.39, 0.29) is 23.0 Å². The summed E-state index contributed by atoms with van der Waals surface area (Å²) in [5, 5.41) is 2.24. The van der Waals surface area contributed by atoms with Gasteiger partial charge in [-0.15, -0.1) is 0 Å². The lowest BCUT2D eigenvalue weighted by Crippen LogP contribution is -2.30. The molecule has 1 atom stereocenters. The molecule has 1 N–H and O–H groups in total. The van der Waals surface area contributed by atoms with Crippen molar-refractivity contribution in [2.24, 2.45) is 0 Å². The van der Waals surface area contributed by atoms with E-state index in [4.69, 9.17) is 9.15 Å². The van der Waals surface area contributed by atoms with Crippen molar-refractivity contribution in [3.05, 3.63) is 71.6 Å². The van der Waals surface area contributed by atoms with E-state index in [0.29, 0.717) is 11.6 Å². The number of esters is 1. The van der Waals surface area contributed by atoms with Crippen LogP contribution in [0.4, 0.5) is 14.5 Å². The summed E-state index contributed by atoms with van der Waals surface area (Å²) in [6.07, 6.45) is -1.24. The van der Waals surface area contributed by atoms with Gasteiger partial charge in [-0.25, -0.2) is 18.6 Å². The van der Waals surface area contributed by atoms with Gasteiger partial charge in [-0.1, -0.05) is 18.2 Å². The Morgan fingerprint density at radius 3 is 2.54 bits per heavy atom. The largest absolute Gasteiger partial charge is 0.448 e. The van der Waals surface area contributed by atoms with Gasteiger partial charge in [0.1, 0.15) is 17.4 Å². The highest BCUT2D eigenvalue weighted by molar-refractivity contribution is 5.97. The van der Waals surface area contributed by atoms with E-state index >= 15 is 0 Å². The van der Waals surface area contributed by atoms with E-state index in [1.807, 2.05) is 6.07 Å². The van der Waals surface area contributed by atoms with Crippen molar-refractivity contribution in [3.63, 3.8) is 0 Å². The molecule has 144 valence electrons. The number of halogens is 2. The molecule has 1 amide bonds. The van der Waals surface area contributed by atoms with Gasteiger partial charge >= 0.3 is 5.97 Å². The van der Waals surface area contributed by atoms with Crippen LogP contribution in [-0.4, -0.2) is 23.0 Å². The Hall–Kier alpha value is -3.55. The fourth-order valence-electron chi connectivity index (χ4n) is 2.39. The van der Waals surface area contributed by atoms with Crippen LogP contribution in [0.1, 0.15) is 23.2 Å². The first kappa shape index (κ1) is 19.2. The summed E-state index contributed by atoms with van der Waals surface area (Å²) in [5.41, 5.74) is 0.395. The van der Waals surface area contributed by atoms with Crippen LogP contribution in [0.25, 0.3) is 11.5 Å². The molecule has 1 aromatic heterocycles. The molecule has 0 spiro atoms. The lowest BCUT2D eigenvalue weighted by molar-refractivity contribution is -0.123. The van der Waals surface area contributed by atoms with Gasteiger partial charge in [-0.2, -0.15) is 0 Å². The van der Waals surface area contributed by atoms with Gasteiger partial charge in [0, 0.05) is 11.6 Å². The number of amides is 1. The zero-order chi connectivity index (χ0) is 20.3. The van der Waals surface area contributed by atoms with E-state index < -0.39 is 29.6 Å². The molecule has 0 saturated carbocycles. The van der Waals surface area contributed by atoms with Crippen molar-refractivity contribution in [2.75, 3.05) is 5.32 Å². The smallest absolute Gasteiger partial charge is 0.361 e. The van der Waals surface area contributed by atoms with E-state index in [9.17, 15) is 18.4 Å². The van der Waals surface area contributed by atoms with Crippen LogP contribution >= 0.6 is 0 Å². The third-order valence-electron chi connectivity index (χ3n) is 3.85. The van der Waals surface area contributed by atoms with Crippen molar-refractivity contribution in [1.82, 2.24) is 4.98 Å². The number of nitrogens with zero attached hydrogens (tertiary/aromatic N) is 1. The van der Waals surface area contributed by atoms with E-state index in [2.05, 4.69) is 10.3 Å². The van der Waals surface area contributed by atoms with Crippen molar-refractivity contribution in [1.29, 1.82) is 0 Å². The molecule has 0 fully saturated rings. The molecule has 1 heterocycles. The average molecular weight is 386 g/mol. The Kier molecular flexibility index (Phi) is 5.49. The minimum atomic E-state index is -1.24. The minimum Gasteiger partial charge on any atom is -0.448 e. The third-order valence-corrected chi connectivity index (χ3v) is 3.85. The number of aromatic nitrogens is 1. The Labute approximate surface area is 159 Å². The van der Waals surface area contributed by atoms with Gasteiger partial charge in [-0.3, -0.25) is 4.79 Å². The highest BCUT2D eigenvalue weighted by Crippen LogP contribution is 2.22. The van der Waals surface area contributed by atoms with Crippen LogP contribution in [0.15, 0.2) is 52.9 Å². The van der Waals surface area contributed by atoms with Gasteiger partial charge in [0.2, 0.25) is 5.89 Å². The van der Waals surface area contributed by atoms with Crippen LogP contribution in [0.2, 0.25) is 0 Å². The quantitative estimate of drug-likeness (QED) is 0.668. The number of carbonyl (C=O) groups excluding carboxylic acids is 2. The summed E-state index contributed by atoms with van der Waals surface area (Å²) >= 11 is 0. The standard InChI is InChI=1S/C20H16F2N2O4/c1-11-17(24-19(27-11)13-6-4-3-5-7-13)20(26)28-12(2)18(25)23-16-9-8-14(21)10-15(16)22/h3-10,12H,1-2H3,(H,23,25)/t12-/m1/s1. The molecule has 3 rings (SSSR count). The number of hydrogen-bond acceptors (Lipinski definition) is 5. The molecule has 0 saturated heterocycles. The van der Waals surface area contributed by atoms with Gasteiger partial charge in [0.15, 0.2) is 11.8 Å². The summed E-state index contributed by atoms with van der Waals surface area (Å²) in [7, 11) is 0. The number of carbonyl (C=O) groups is 2. The zero-order valence-corrected chi connectivity index (χ0v) is 15.0. The number of oxazole rings is 1. The fraction of sp³-hybridized carbons (Fsp3) is 0.150. The second-order valence-corrected chi connectivity index (χ2v) is 5.95.